The van der Waals surface area contributed by atoms with Crippen molar-refractivity contribution in [1.82, 2.24) is 0 Å². The van der Waals surface area contributed by atoms with Crippen molar-refractivity contribution in [3.05, 3.63) is 28.8 Å². The van der Waals surface area contributed by atoms with Gasteiger partial charge in [0.1, 0.15) is 11.9 Å². The largest absolute Gasteiger partial charge is 0.495 e. The number of hydrogen-bond donors (Lipinski definition) is 1. The molecule has 0 fully saturated rings. The van der Waals surface area contributed by atoms with Gasteiger partial charge in [-0.2, -0.15) is 0 Å². The third-order valence-electron chi connectivity index (χ3n) is 2.84. The summed E-state index contributed by atoms with van der Waals surface area (Å²) >= 11 is 5.97. The highest BCUT2D eigenvalue weighted by atomic mass is 35.5. The van der Waals surface area contributed by atoms with Crippen molar-refractivity contribution in [2.75, 3.05) is 13.7 Å². The van der Waals surface area contributed by atoms with E-state index in [4.69, 9.17) is 21.1 Å². The van der Waals surface area contributed by atoms with Gasteiger partial charge in [-0.15, -0.1) is 0 Å². The normalized spacial score (nSPS) is 14.6. The molecule has 0 heterocycles. The zero-order chi connectivity index (χ0) is 13.7. The maximum atomic E-state index is 10.4. The minimum Gasteiger partial charge on any atom is -0.495 e. The SMILES string of the molecule is CCOC(C(C)C)C(O)c1ccc(Cl)c(OC)c1. The Morgan fingerprint density at radius 3 is 2.50 bits per heavy atom. The Morgan fingerprint density at radius 2 is 2.00 bits per heavy atom. The van der Waals surface area contributed by atoms with E-state index < -0.39 is 6.10 Å². The number of hydrogen-bond acceptors (Lipinski definition) is 3. The molecule has 18 heavy (non-hydrogen) atoms. The minimum absolute atomic E-state index is 0.224. The molecule has 0 saturated heterocycles. The predicted molar refractivity (Wildman–Crippen MR) is 73.2 cm³/mol. The third-order valence-corrected chi connectivity index (χ3v) is 3.16. The van der Waals surface area contributed by atoms with E-state index in [1.54, 1.807) is 25.3 Å². The van der Waals surface area contributed by atoms with Gasteiger partial charge in [-0.25, -0.2) is 0 Å². The smallest absolute Gasteiger partial charge is 0.137 e. The zero-order valence-electron chi connectivity index (χ0n) is 11.3. The van der Waals surface area contributed by atoms with Gasteiger partial charge < -0.3 is 14.6 Å². The Morgan fingerprint density at radius 1 is 1.33 bits per heavy atom. The van der Waals surface area contributed by atoms with Crippen LogP contribution in [0.15, 0.2) is 18.2 Å². The van der Waals surface area contributed by atoms with Crippen LogP contribution in [0.2, 0.25) is 5.02 Å². The standard InChI is InChI=1S/C14H21ClO3/c1-5-18-14(9(2)3)13(16)10-6-7-11(15)12(8-10)17-4/h6-9,13-14,16H,5H2,1-4H3. The topological polar surface area (TPSA) is 38.7 Å². The maximum Gasteiger partial charge on any atom is 0.137 e. The molecule has 0 saturated carbocycles. The van der Waals surface area contributed by atoms with Crippen molar-refractivity contribution >= 4 is 11.6 Å². The molecule has 4 heteroatoms. The van der Waals surface area contributed by atoms with Crippen LogP contribution in [0.4, 0.5) is 0 Å². The van der Waals surface area contributed by atoms with Crippen LogP contribution in [-0.2, 0) is 4.74 Å². The van der Waals surface area contributed by atoms with Crippen LogP contribution in [0.1, 0.15) is 32.4 Å². The van der Waals surface area contributed by atoms with Gasteiger partial charge in [0.05, 0.1) is 18.2 Å². The van der Waals surface area contributed by atoms with Crippen molar-refractivity contribution in [2.45, 2.75) is 33.0 Å². The fraction of sp³-hybridized carbons (Fsp3) is 0.571. The van der Waals surface area contributed by atoms with Crippen LogP contribution in [0, 0.1) is 5.92 Å². The van der Waals surface area contributed by atoms with E-state index in [9.17, 15) is 5.11 Å². The van der Waals surface area contributed by atoms with Crippen molar-refractivity contribution < 1.29 is 14.6 Å². The highest BCUT2D eigenvalue weighted by molar-refractivity contribution is 6.32. The number of halogens is 1. The Kier molecular flexibility index (Phi) is 5.93. The fourth-order valence-corrected chi connectivity index (χ4v) is 2.09. The molecule has 1 N–H and O–H groups in total. The zero-order valence-corrected chi connectivity index (χ0v) is 12.1. The van der Waals surface area contributed by atoms with E-state index in [1.807, 2.05) is 20.8 Å². The van der Waals surface area contributed by atoms with Gasteiger partial charge in [-0.3, -0.25) is 0 Å². The quantitative estimate of drug-likeness (QED) is 0.862. The van der Waals surface area contributed by atoms with Crippen molar-refractivity contribution in [1.29, 1.82) is 0 Å². The Hall–Kier alpha value is -0.770. The second-order valence-corrected chi connectivity index (χ2v) is 4.91. The maximum absolute atomic E-state index is 10.4. The minimum atomic E-state index is -0.684. The van der Waals surface area contributed by atoms with Crippen LogP contribution in [0.3, 0.4) is 0 Å². The average molecular weight is 273 g/mol. The Bertz CT molecular complexity index is 379. The number of aliphatic hydroxyl groups excluding tert-OH is 1. The molecule has 0 aliphatic rings. The van der Waals surface area contributed by atoms with Crippen LogP contribution >= 0.6 is 11.6 Å². The highest BCUT2D eigenvalue weighted by Crippen LogP contribution is 2.31. The van der Waals surface area contributed by atoms with Gasteiger partial charge in [0.2, 0.25) is 0 Å². The summed E-state index contributed by atoms with van der Waals surface area (Å²) < 4.78 is 10.8. The number of benzene rings is 1. The van der Waals surface area contributed by atoms with Gasteiger partial charge in [0.25, 0.3) is 0 Å². The summed E-state index contributed by atoms with van der Waals surface area (Å²) in [4.78, 5) is 0. The summed E-state index contributed by atoms with van der Waals surface area (Å²) in [6.45, 7) is 6.54. The molecule has 1 aromatic carbocycles. The predicted octanol–water partition coefficient (Wildman–Crippen LogP) is 3.44. The molecule has 102 valence electrons. The molecule has 0 spiro atoms. The molecule has 0 bridgehead atoms. The van der Waals surface area contributed by atoms with Crippen LogP contribution in [0.5, 0.6) is 5.75 Å². The first-order valence-electron chi connectivity index (χ1n) is 6.14. The highest BCUT2D eigenvalue weighted by Gasteiger charge is 2.25. The fourth-order valence-electron chi connectivity index (χ4n) is 1.89. The molecule has 0 amide bonds. The molecule has 1 rings (SSSR count). The van der Waals surface area contributed by atoms with E-state index >= 15 is 0 Å². The summed E-state index contributed by atoms with van der Waals surface area (Å²) in [6, 6.07) is 5.27. The van der Waals surface area contributed by atoms with E-state index in [0.29, 0.717) is 17.4 Å². The van der Waals surface area contributed by atoms with Gasteiger partial charge in [-0.05, 0) is 30.5 Å². The monoisotopic (exact) mass is 272 g/mol. The lowest BCUT2D eigenvalue weighted by molar-refractivity contribution is -0.0586. The first kappa shape index (κ1) is 15.3. The van der Waals surface area contributed by atoms with E-state index in [2.05, 4.69) is 0 Å². The molecule has 3 nitrogen and oxygen atoms in total. The van der Waals surface area contributed by atoms with Crippen molar-refractivity contribution in [3.63, 3.8) is 0 Å². The Labute approximate surface area is 114 Å². The summed E-state index contributed by atoms with van der Waals surface area (Å²) in [6.07, 6.45) is -0.919. The van der Waals surface area contributed by atoms with Crippen molar-refractivity contribution in [2.24, 2.45) is 5.92 Å². The van der Waals surface area contributed by atoms with Gasteiger partial charge >= 0.3 is 0 Å². The number of methoxy groups -OCH3 is 1. The lowest BCUT2D eigenvalue weighted by Gasteiger charge is -2.26. The van der Waals surface area contributed by atoms with Gasteiger partial charge in [-0.1, -0.05) is 31.5 Å². The molecule has 2 atom stereocenters. The van der Waals surface area contributed by atoms with E-state index in [-0.39, 0.29) is 12.0 Å². The third kappa shape index (κ3) is 3.61. The second kappa shape index (κ2) is 6.98. The molecule has 0 aromatic heterocycles. The molecular formula is C14H21ClO3. The second-order valence-electron chi connectivity index (χ2n) is 4.50. The summed E-state index contributed by atoms with van der Waals surface area (Å²) in [5.74, 6) is 0.786. The first-order valence-corrected chi connectivity index (χ1v) is 6.52. The molecule has 0 aliphatic carbocycles. The van der Waals surface area contributed by atoms with Crippen molar-refractivity contribution in [3.8, 4) is 5.75 Å². The lowest BCUT2D eigenvalue weighted by Crippen LogP contribution is -2.27. The summed E-state index contributed by atoms with van der Waals surface area (Å²) in [5, 5.41) is 10.9. The summed E-state index contributed by atoms with van der Waals surface area (Å²) in [5.41, 5.74) is 0.753. The number of aliphatic hydroxyl groups is 1. The number of ether oxygens (including phenoxy) is 2. The van der Waals surface area contributed by atoms with Crippen LogP contribution < -0.4 is 4.74 Å². The molecule has 1 aromatic rings. The Balaban J connectivity index is 2.97. The van der Waals surface area contributed by atoms with Gasteiger partial charge in [0, 0.05) is 6.61 Å². The van der Waals surface area contributed by atoms with Crippen LogP contribution in [-0.4, -0.2) is 24.9 Å². The molecular weight excluding hydrogens is 252 g/mol. The number of rotatable bonds is 6. The lowest BCUT2D eigenvalue weighted by atomic mass is 9.96. The first-order chi connectivity index (χ1) is 8.51. The molecule has 0 aliphatic heterocycles. The average Bonchev–Trinajstić information content (AvgIpc) is 2.35. The van der Waals surface area contributed by atoms with E-state index in [1.165, 1.54) is 0 Å². The molecule has 2 unspecified atom stereocenters. The van der Waals surface area contributed by atoms with Gasteiger partial charge in [0.15, 0.2) is 0 Å². The van der Waals surface area contributed by atoms with Crippen LogP contribution in [0.25, 0.3) is 0 Å². The summed E-state index contributed by atoms with van der Waals surface area (Å²) in [7, 11) is 1.56. The molecule has 0 radical (unpaired) electrons. The van der Waals surface area contributed by atoms with E-state index in [0.717, 1.165) is 5.56 Å².